The average Bonchev–Trinajstić information content (AvgIpc) is 3.21. The molecule has 0 aliphatic carbocycles. The van der Waals surface area contributed by atoms with E-state index in [1.165, 1.54) is 11.1 Å². The number of aryl methyl sites for hydroxylation is 2. The van der Waals surface area contributed by atoms with Crippen molar-refractivity contribution in [2.24, 2.45) is 0 Å². The largest absolute Gasteiger partial charge is 0.497 e. The molecule has 4 aromatic rings. The normalized spacial score (nSPS) is 11.0. The first-order chi connectivity index (χ1) is 15.0. The van der Waals surface area contributed by atoms with Crippen LogP contribution in [0.2, 0.25) is 0 Å². The maximum atomic E-state index is 5.43. The molecule has 4 rings (SSSR count). The quantitative estimate of drug-likeness (QED) is 0.448. The van der Waals surface area contributed by atoms with Crippen LogP contribution in [0.3, 0.4) is 0 Å². The summed E-state index contributed by atoms with van der Waals surface area (Å²) >= 11 is 0. The van der Waals surface area contributed by atoms with Crippen LogP contribution in [0.15, 0.2) is 48.5 Å². The molecular formula is C25H28N4O2. The van der Waals surface area contributed by atoms with Crippen LogP contribution in [0.4, 0.5) is 5.82 Å². The molecule has 0 radical (unpaired) electrons. The second-order valence-corrected chi connectivity index (χ2v) is 7.62. The van der Waals surface area contributed by atoms with Crippen molar-refractivity contribution in [3.63, 3.8) is 0 Å². The van der Waals surface area contributed by atoms with Crippen LogP contribution >= 0.6 is 0 Å². The summed E-state index contributed by atoms with van der Waals surface area (Å²) in [4.78, 5) is 4.80. The SMILES string of the molecule is CCc1c(C)nc2cc(-c3cc(OC)cc(OC)c3)nn2c1NCc1ccc(C)cc1. The van der Waals surface area contributed by atoms with Crippen LogP contribution in [0.5, 0.6) is 11.5 Å². The third-order valence-corrected chi connectivity index (χ3v) is 5.49. The Balaban J connectivity index is 1.78. The Bertz CT molecular complexity index is 1190. The second-order valence-electron chi connectivity index (χ2n) is 7.62. The molecule has 0 fully saturated rings. The predicted octanol–water partition coefficient (Wildman–Crippen LogP) is 5.20. The average molecular weight is 417 g/mol. The molecular weight excluding hydrogens is 388 g/mol. The summed E-state index contributed by atoms with van der Waals surface area (Å²) in [5.74, 6) is 2.43. The van der Waals surface area contributed by atoms with Crippen molar-refractivity contribution in [1.29, 1.82) is 0 Å². The maximum absolute atomic E-state index is 5.43. The smallest absolute Gasteiger partial charge is 0.158 e. The number of nitrogens with one attached hydrogen (secondary N) is 1. The van der Waals surface area contributed by atoms with Crippen LogP contribution in [0.1, 0.15) is 29.3 Å². The number of nitrogens with zero attached hydrogens (tertiary/aromatic N) is 3. The first-order valence-corrected chi connectivity index (χ1v) is 10.4. The van der Waals surface area contributed by atoms with Crippen molar-refractivity contribution < 1.29 is 9.47 Å². The monoisotopic (exact) mass is 416 g/mol. The van der Waals surface area contributed by atoms with Crippen molar-refractivity contribution >= 4 is 11.5 Å². The van der Waals surface area contributed by atoms with Gasteiger partial charge in [-0.3, -0.25) is 0 Å². The fourth-order valence-electron chi connectivity index (χ4n) is 3.75. The predicted molar refractivity (Wildman–Crippen MR) is 124 cm³/mol. The molecule has 2 heterocycles. The van der Waals surface area contributed by atoms with E-state index in [0.717, 1.165) is 51.9 Å². The zero-order valence-corrected chi connectivity index (χ0v) is 18.7. The number of ether oxygens (including phenoxy) is 2. The molecule has 0 amide bonds. The van der Waals surface area contributed by atoms with Crippen molar-refractivity contribution in [2.45, 2.75) is 33.7 Å². The van der Waals surface area contributed by atoms with E-state index in [9.17, 15) is 0 Å². The molecule has 0 aliphatic rings. The minimum absolute atomic E-state index is 0.716. The lowest BCUT2D eigenvalue weighted by molar-refractivity contribution is 0.394. The summed E-state index contributed by atoms with van der Waals surface area (Å²) in [5.41, 5.74) is 7.19. The summed E-state index contributed by atoms with van der Waals surface area (Å²) in [6, 6.07) is 16.3. The summed E-state index contributed by atoms with van der Waals surface area (Å²) in [6.07, 6.45) is 0.868. The summed E-state index contributed by atoms with van der Waals surface area (Å²) in [6.45, 7) is 7.01. The number of hydrogen-bond acceptors (Lipinski definition) is 5. The van der Waals surface area contributed by atoms with E-state index in [2.05, 4.69) is 50.4 Å². The fourth-order valence-corrected chi connectivity index (χ4v) is 3.75. The van der Waals surface area contributed by atoms with Gasteiger partial charge in [0, 0.05) is 35.5 Å². The third-order valence-electron chi connectivity index (χ3n) is 5.49. The topological polar surface area (TPSA) is 60.7 Å². The van der Waals surface area contributed by atoms with Gasteiger partial charge < -0.3 is 14.8 Å². The lowest BCUT2D eigenvalue weighted by Gasteiger charge is -2.15. The number of fused-ring (bicyclic) bond motifs is 1. The highest BCUT2D eigenvalue weighted by atomic mass is 16.5. The Morgan fingerprint density at radius 3 is 2.23 bits per heavy atom. The number of aromatic nitrogens is 3. The van der Waals surface area contributed by atoms with Gasteiger partial charge in [-0.2, -0.15) is 9.61 Å². The van der Waals surface area contributed by atoms with E-state index in [-0.39, 0.29) is 0 Å². The third kappa shape index (κ3) is 4.19. The highest BCUT2D eigenvalue weighted by Gasteiger charge is 2.16. The minimum atomic E-state index is 0.716. The van der Waals surface area contributed by atoms with E-state index in [0.29, 0.717) is 6.54 Å². The van der Waals surface area contributed by atoms with Gasteiger partial charge in [-0.05, 0) is 38.0 Å². The number of benzene rings is 2. The molecule has 0 spiro atoms. The molecule has 6 heteroatoms. The first-order valence-electron chi connectivity index (χ1n) is 10.4. The van der Waals surface area contributed by atoms with Crippen molar-refractivity contribution in [1.82, 2.24) is 14.6 Å². The van der Waals surface area contributed by atoms with E-state index >= 15 is 0 Å². The van der Waals surface area contributed by atoms with Gasteiger partial charge in [0.05, 0.1) is 19.9 Å². The van der Waals surface area contributed by atoms with Crippen LogP contribution in [0, 0.1) is 13.8 Å². The van der Waals surface area contributed by atoms with Crippen LogP contribution in [0.25, 0.3) is 16.9 Å². The summed E-state index contributed by atoms with van der Waals surface area (Å²) in [7, 11) is 3.29. The molecule has 0 atom stereocenters. The Kier molecular flexibility index (Phi) is 5.80. The van der Waals surface area contributed by atoms with Gasteiger partial charge in [0.2, 0.25) is 0 Å². The van der Waals surface area contributed by atoms with Gasteiger partial charge >= 0.3 is 0 Å². The number of hydrogen-bond donors (Lipinski definition) is 1. The Morgan fingerprint density at radius 1 is 0.935 bits per heavy atom. The molecule has 2 aromatic heterocycles. The van der Waals surface area contributed by atoms with E-state index < -0.39 is 0 Å². The van der Waals surface area contributed by atoms with Gasteiger partial charge in [0.25, 0.3) is 0 Å². The highest BCUT2D eigenvalue weighted by molar-refractivity contribution is 5.69. The highest BCUT2D eigenvalue weighted by Crippen LogP contribution is 2.31. The molecule has 0 saturated heterocycles. The molecule has 160 valence electrons. The zero-order valence-electron chi connectivity index (χ0n) is 18.7. The van der Waals surface area contributed by atoms with E-state index in [1.807, 2.05) is 28.8 Å². The summed E-state index contributed by atoms with van der Waals surface area (Å²) < 4.78 is 12.8. The molecule has 2 aromatic carbocycles. The minimum Gasteiger partial charge on any atom is -0.497 e. The molecule has 0 unspecified atom stereocenters. The Hall–Kier alpha value is -3.54. The lowest BCUT2D eigenvalue weighted by Crippen LogP contribution is -2.11. The lowest BCUT2D eigenvalue weighted by atomic mass is 10.1. The van der Waals surface area contributed by atoms with Crippen molar-refractivity contribution in [3.05, 3.63) is 70.9 Å². The molecule has 6 nitrogen and oxygen atoms in total. The number of rotatable bonds is 7. The van der Waals surface area contributed by atoms with Crippen LogP contribution < -0.4 is 14.8 Å². The van der Waals surface area contributed by atoms with Crippen LogP contribution in [-0.4, -0.2) is 28.8 Å². The van der Waals surface area contributed by atoms with Gasteiger partial charge in [0.15, 0.2) is 5.65 Å². The van der Waals surface area contributed by atoms with Crippen molar-refractivity contribution in [3.8, 4) is 22.8 Å². The molecule has 0 saturated carbocycles. The van der Waals surface area contributed by atoms with Crippen molar-refractivity contribution in [2.75, 3.05) is 19.5 Å². The Labute approximate surface area is 182 Å². The second kappa shape index (κ2) is 8.68. The fraction of sp³-hybridized carbons (Fsp3) is 0.280. The zero-order chi connectivity index (χ0) is 22.0. The van der Waals surface area contributed by atoms with Gasteiger partial charge in [-0.25, -0.2) is 4.98 Å². The maximum Gasteiger partial charge on any atom is 0.158 e. The van der Waals surface area contributed by atoms with E-state index in [4.69, 9.17) is 19.6 Å². The Morgan fingerprint density at radius 2 is 1.61 bits per heavy atom. The number of methoxy groups -OCH3 is 2. The van der Waals surface area contributed by atoms with E-state index in [1.54, 1.807) is 14.2 Å². The van der Waals surface area contributed by atoms with Gasteiger partial charge in [-0.1, -0.05) is 36.8 Å². The molecule has 0 aliphatic heterocycles. The van der Waals surface area contributed by atoms with Gasteiger partial charge in [-0.15, -0.1) is 0 Å². The number of anilines is 1. The van der Waals surface area contributed by atoms with Crippen LogP contribution in [-0.2, 0) is 13.0 Å². The summed E-state index contributed by atoms with van der Waals surface area (Å²) in [5, 5.41) is 8.50. The standard InChI is InChI=1S/C25H28N4O2/c1-6-22-17(3)27-24-14-23(19-11-20(30-4)13-21(12-19)31-5)28-29(24)25(22)26-15-18-9-7-16(2)8-10-18/h7-14,26H,6,15H2,1-5H3. The molecule has 31 heavy (non-hydrogen) atoms. The molecule has 0 bridgehead atoms. The molecule has 1 N–H and O–H groups in total. The van der Waals surface area contributed by atoms with Gasteiger partial charge in [0.1, 0.15) is 17.3 Å². The first kappa shape index (κ1) is 20.7.